The largest absolute Gasteiger partial charge is 0.370 e. The van der Waals surface area contributed by atoms with E-state index < -0.39 is 0 Å². The quantitative estimate of drug-likeness (QED) is 0.570. The van der Waals surface area contributed by atoms with Crippen LogP contribution < -0.4 is 11.1 Å². The summed E-state index contributed by atoms with van der Waals surface area (Å²) in [5.41, 5.74) is 6.23. The molecule has 0 aromatic rings. The molecule has 2 fully saturated rings. The highest BCUT2D eigenvalue weighted by Gasteiger charge is 2.33. The van der Waals surface area contributed by atoms with Gasteiger partial charge in [-0.05, 0) is 42.9 Å². The Labute approximate surface area is 105 Å². The van der Waals surface area contributed by atoms with Crippen LogP contribution in [-0.2, 0) is 0 Å². The first-order chi connectivity index (χ1) is 8.08. The lowest BCUT2D eigenvalue weighted by Crippen LogP contribution is -2.39. The number of aliphatic imine (C=N–C) groups is 1. The fourth-order valence-corrected chi connectivity index (χ4v) is 2.61. The normalized spacial score (nSPS) is 23.1. The summed E-state index contributed by atoms with van der Waals surface area (Å²) < 4.78 is 0. The third-order valence-electron chi connectivity index (χ3n) is 4.66. The average Bonchev–Trinajstić information content (AvgIpc) is 2.08. The van der Waals surface area contributed by atoms with Gasteiger partial charge in [-0.15, -0.1) is 0 Å². The Hall–Kier alpha value is -0.730. The van der Waals surface area contributed by atoms with Crippen LogP contribution in [0.1, 0.15) is 52.4 Å². The molecule has 0 saturated heterocycles. The van der Waals surface area contributed by atoms with Gasteiger partial charge in [-0.25, -0.2) is 0 Å². The number of rotatable bonds is 5. The SMILES string of the molecule is CC(C)(CN=C(N)NCC1CCC1)C1CCC1. The summed E-state index contributed by atoms with van der Waals surface area (Å²) in [6, 6.07) is 0. The second-order valence-corrected chi connectivity index (χ2v) is 6.50. The van der Waals surface area contributed by atoms with Gasteiger partial charge in [0.1, 0.15) is 0 Å². The Balaban J connectivity index is 1.69. The summed E-state index contributed by atoms with van der Waals surface area (Å²) in [7, 11) is 0. The monoisotopic (exact) mass is 237 g/mol. The molecule has 0 aromatic heterocycles. The number of hydrogen-bond donors (Lipinski definition) is 2. The number of nitrogens with zero attached hydrogens (tertiary/aromatic N) is 1. The molecule has 0 heterocycles. The van der Waals surface area contributed by atoms with Gasteiger partial charge in [-0.2, -0.15) is 0 Å². The highest BCUT2D eigenvalue weighted by Crippen LogP contribution is 2.41. The van der Waals surface area contributed by atoms with Crippen LogP contribution in [0, 0.1) is 17.3 Å². The number of guanidine groups is 1. The van der Waals surface area contributed by atoms with Crippen molar-refractivity contribution in [2.24, 2.45) is 28.0 Å². The maximum Gasteiger partial charge on any atom is 0.188 e. The van der Waals surface area contributed by atoms with Crippen molar-refractivity contribution < 1.29 is 0 Å². The van der Waals surface area contributed by atoms with Gasteiger partial charge in [-0.3, -0.25) is 4.99 Å². The van der Waals surface area contributed by atoms with Crippen molar-refractivity contribution in [3.8, 4) is 0 Å². The van der Waals surface area contributed by atoms with Crippen LogP contribution in [0.25, 0.3) is 0 Å². The summed E-state index contributed by atoms with van der Waals surface area (Å²) in [4.78, 5) is 4.51. The summed E-state index contributed by atoms with van der Waals surface area (Å²) in [5, 5.41) is 3.26. The number of nitrogens with two attached hydrogens (primary N) is 1. The highest BCUT2D eigenvalue weighted by atomic mass is 15.1. The minimum atomic E-state index is 0.320. The lowest BCUT2D eigenvalue weighted by atomic mass is 9.67. The van der Waals surface area contributed by atoms with Crippen LogP contribution in [-0.4, -0.2) is 19.0 Å². The first-order valence-electron chi connectivity index (χ1n) is 7.12. The molecule has 0 unspecified atom stereocenters. The molecule has 3 heteroatoms. The van der Waals surface area contributed by atoms with Gasteiger partial charge in [-0.1, -0.05) is 26.7 Å². The van der Waals surface area contributed by atoms with Crippen LogP contribution >= 0.6 is 0 Å². The maximum absolute atomic E-state index is 5.91. The van der Waals surface area contributed by atoms with Gasteiger partial charge in [0.05, 0.1) is 0 Å². The topological polar surface area (TPSA) is 50.4 Å². The third-order valence-corrected chi connectivity index (χ3v) is 4.66. The Morgan fingerprint density at radius 1 is 1.24 bits per heavy atom. The second kappa shape index (κ2) is 5.28. The van der Waals surface area contributed by atoms with Crippen molar-refractivity contribution >= 4 is 5.96 Å². The molecule has 2 aliphatic carbocycles. The van der Waals surface area contributed by atoms with Gasteiger partial charge in [0.25, 0.3) is 0 Å². The van der Waals surface area contributed by atoms with E-state index in [1.807, 2.05) is 0 Å². The van der Waals surface area contributed by atoms with Crippen LogP contribution in [0.15, 0.2) is 4.99 Å². The molecule has 3 N–H and O–H groups in total. The third kappa shape index (κ3) is 3.36. The Morgan fingerprint density at radius 2 is 1.88 bits per heavy atom. The van der Waals surface area contributed by atoms with Gasteiger partial charge >= 0.3 is 0 Å². The molecule has 0 amide bonds. The van der Waals surface area contributed by atoms with Crippen molar-refractivity contribution in [3.05, 3.63) is 0 Å². The zero-order valence-electron chi connectivity index (χ0n) is 11.3. The number of nitrogens with one attached hydrogen (secondary N) is 1. The highest BCUT2D eigenvalue weighted by molar-refractivity contribution is 5.77. The van der Waals surface area contributed by atoms with Crippen LogP contribution in [0.2, 0.25) is 0 Å². The predicted octanol–water partition coefficient (Wildman–Crippen LogP) is 2.52. The van der Waals surface area contributed by atoms with Crippen LogP contribution in [0.4, 0.5) is 0 Å². The first kappa shape index (κ1) is 12.7. The van der Waals surface area contributed by atoms with E-state index in [9.17, 15) is 0 Å². The zero-order chi connectivity index (χ0) is 12.3. The molecule has 2 aliphatic rings. The van der Waals surface area contributed by atoms with E-state index in [4.69, 9.17) is 5.73 Å². The Morgan fingerprint density at radius 3 is 2.35 bits per heavy atom. The van der Waals surface area contributed by atoms with Crippen LogP contribution in [0.5, 0.6) is 0 Å². The molecule has 0 aromatic carbocycles. The maximum atomic E-state index is 5.91. The van der Waals surface area contributed by atoms with E-state index in [0.717, 1.165) is 24.9 Å². The molecule has 0 radical (unpaired) electrons. The molecule has 2 saturated carbocycles. The molecule has 0 spiro atoms. The summed E-state index contributed by atoms with van der Waals surface area (Å²) in [6.45, 7) is 6.51. The van der Waals surface area contributed by atoms with E-state index >= 15 is 0 Å². The molecule has 0 aliphatic heterocycles. The van der Waals surface area contributed by atoms with E-state index in [1.54, 1.807) is 0 Å². The summed E-state index contributed by atoms with van der Waals surface area (Å²) >= 11 is 0. The van der Waals surface area contributed by atoms with E-state index in [-0.39, 0.29) is 0 Å². The van der Waals surface area contributed by atoms with Gasteiger partial charge in [0.15, 0.2) is 5.96 Å². The lowest BCUT2D eigenvalue weighted by molar-refractivity contribution is 0.130. The number of hydrogen-bond acceptors (Lipinski definition) is 1. The molecule has 0 atom stereocenters. The van der Waals surface area contributed by atoms with Crippen molar-refractivity contribution in [2.45, 2.75) is 52.4 Å². The molecule has 2 rings (SSSR count). The Kier molecular flexibility index (Phi) is 3.95. The summed E-state index contributed by atoms with van der Waals surface area (Å²) in [5.74, 6) is 2.33. The fraction of sp³-hybridized carbons (Fsp3) is 0.929. The van der Waals surface area contributed by atoms with Crippen molar-refractivity contribution in [1.29, 1.82) is 0 Å². The standard InChI is InChI=1S/C14H27N3/c1-14(2,12-7-4-8-12)10-17-13(15)16-9-11-5-3-6-11/h11-12H,3-10H2,1-2H3,(H3,15,16,17). The van der Waals surface area contributed by atoms with Crippen molar-refractivity contribution in [2.75, 3.05) is 13.1 Å². The molecule has 17 heavy (non-hydrogen) atoms. The average molecular weight is 237 g/mol. The van der Waals surface area contributed by atoms with E-state index in [1.165, 1.54) is 38.5 Å². The van der Waals surface area contributed by atoms with Gasteiger partial charge < -0.3 is 11.1 Å². The predicted molar refractivity (Wildman–Crippen MR) is 73.0 cm³/mol. The molecule has 0 bridgehead atoms. The fourth-order valence-electron chi connectivity index (χ4n) is 2.61. The van der Waals surface area contributed by atoms with Gasteiger partial charge in [0, 0.05) is 13.1 Å². The first-order valence-corrected chi connectivity index (χ1v) is 7.12. The van der Waals surface area contributed by atoms with Gasteiger partial charge in [0.2, 0.25) is 0 Å². The second-order valence-electron chi connectivity index (χ2n) is 6.50. The minimum Gasteiger partial charge on any atom is -0.370 e. The lowest BCUT2D eigenvalue weighted by Gasteiger charge is -2.39. The molecular formula is C14H27N3. The van der Waals surface area contributed by atoms with Crippen molar-refractivity contribution in [3.63, 3.8) is 0 Å². The Bertz CT molecular complexity index is 275. The zero-order valence-corrected chi connectivity index (χ0v) is 11.3. The molecule has 98 valence electrons. The van der Waals surface area contributed by atoms with Crippen LogP contribution in [0.3, 0.4) is 0 Å². The smallest absolute Gasteiger partial charge is 0.188 e. The molecule has 3 nitrogen and oxygen atoms in total. The minimum absolute atomic E-state index is 0.320. The van der Waals surface area contributed by atoms with E-state index in [2.05, 4.69) is 24.2 Å². The van der Waals surface area contributed by atoms with E-state index in [0.29, 0.717) is 11.4 Å². The summed E-state index contributed by atoms with van der Waals surface area (Å²) in [6.07, 6.45) is 8.24. The van der Waals surface area contributed by atoms with Crippen molar-refractivity contribution in [1.82, 2.24) is 5.32 Å². The molecular weight excluding hydrogens is 210 g/mol.